The predicted octanol–water partition coefficient (Wildman–Crippen LogP) is 2.76. The first-order valence-corrected chi connectivity index (χ1v) is 4.92. The summed E-state index contributed by atoms with van der Waals surface area (Å²) in [5.74, 6) is 0. The lowest BCUT2D eigenvalue weighted by molar-refractivity contribution is 1.34. The zero-order valence-corrected chi connectivity index (χ0v) is 7.56. The Morgan fingerprint density at radius 2 is 2.33 bits per heavy atom. The summed E-state index contributed by atoms with van der Waals surface area (Å²) >= 11 is 1.70. The molecule has 1 aromatic heterocycles. The number of rotatable bonds is 1. The van der Waals surface area contributed by atoms with Crippen molar-refractivity contribution in [1.29, 1.82) is 0 Å². The van der Waals surface area contributed by atoms with Crippen LogP contribution in [0.5, 0.6) is 0 Å². The second kappa shape index (κ2) is 3.15. The molecule has 59 valence electrons. The molecule has 1 radical (unpaired) electrons. The Morgan fingerprint density at radius 3 is 3.17 bits per heavy atom. The molecule has 1 heterocycles. The van der Waals surface area contributed by atoms with Gasteiger partial charge in [-0.3, -0.25) is 4.98 Å². The van der Waals surface area contributed by atoms with E-state index in [1.807, 2.05) is 24.5 Å². The molecule has 1 nitrogen and oxygen atoms in total. The van der Waals surface area contributed by atoms with Crippen LogP contribution in [-0.4, -0.2) is 11.2 Å². The first-order chi connectivity index (χ1) is 5.92. The Morgan fingerprint density at radius 1 is 1.42 bits per heavy atom. The highest BCUT2D eigenvalue weighted by molar-refractivity contribution is 7.98. The smallest absolute Gasteiger partial charge is 0.0357 e. The molecule has 0 aliphatic carbocycles. The number of benzene rings is 1. The third kappa shape index (κ3) is 1.18. The van der Waals surface area contributed by atoms with Crippen molar-refractivity contribution in [3.05, 3.63) is 36.7 Å². The summed E-state index contributed by atoms with van der Waals surface area (Å²) in [7, 11) is 0. The van der Waals surface area contributed by atoms with Crippen LogP contribution >= 0.6 is 11.8 Å². The van der Waals surface area contributed by atoms with E-state index in [1.165, 1.54) is 15.7 Å². The average molecular weight is 174 g/mol. The van der Waals surface area contributed by atoms with Crippen molar-refractivity contribution < 1.29 is 0 Å². The van der Waals surface area contributed by atoms with E-state index in [4.69, 9.17) is 0 Å². The van der Waals surface area contributed by atoms with Crippen LogP contribution in [-0.2, 0) is 0 Å². The lowest BCUT2D eigenvalue weighted by Gasteiger charge is -2.00. The number of pyridine rings is 1. The minimum absolute atomic E-state index is 1.17. The van der Waals surface area contributed by atoms with Gasteiger partial charge in [0, 0.05) is 22.7 Å². The van der Waals surface area contributed by atoms with E-state index in [2.05, 4.69) is 23.4 Å². The molecule has 1 aromatic carbocycles. The molecule has 2 heteroatoms. The topological polar surface area (TPSA) is 12.9 Å². The summed E-state index contributed by atoms with van der Waals surface area (Å²) in [6.45, 7) is 0. The summed E-state index contributed by atoms with van der Waals surface area (Å²) in [6.07, 6.45) is 5.75. The third-order valence-electron chi connectivity index (χ3n) is 1.78. The van der Waals surface area contributed by atoms with Crippen molar-refractivity contribution in [3.8, 4) is 0 Å². The van der Waals surface area contributed by atoms with Crippen LogP contribution in [0.1, 0.15) is 0 Å². The molecule has 0 amide bonds. The maximum absolute atomic E-state index is 4.09. The number of hydrogen-bond acceptors (Lipinski definition) is 2. The molecule has 0 aliphatic heterocycles. The van der Waals surface area contributed by atoms with Crippen LogP contribution in [0.25, 0.3) is 10.8 Å². The number of fused-ring (bicyclic) bond motifs is 1. The zero-order chi connectivity index (χ0) is 8.39. The molecule has 2 rings (SSSR count). The van der Waals surface area contributed by atoms with Crippen LogP contribution in [0.15, 0.2) is 35.5 Å². The van der Waals surface area contributed by atoms with E-state index >= 15 is 0 Å². The van der Waals surface area contributed by atoms with Crippen molar-refractivity contribution in [2.24, 2.45) is 0 Å². The molecule has 0 saturated carbocycles. The van der Waals surface area contributed by atoms with Crippen molar-refractivity contribution >= 4 is 22.5 Å². The lowest BCUT2D eigenvalue weighted by atomic mass is 10.2. The molecule has 2 aromatic rings. The van der Waals surface area contributed by atoms with Gasteiger partial charge in [-0.25, -0.2) is 0 Å². The fourth-order valence-electron chi connectivity index (χ4n) is 1.19. The van der Waals surface area contributed by atoms with Gasteiger partial charge in [-0.1, -0.05) is 12.1 Å². The molecule has 0 saturated heterocycles. The number of nitrogens with zero attached hydrogens (tertiary/aromatic N) is 1. The minimum Gasteiger partial charge on any atom is -0.264 e. The Hall–Kier alpha value is -1.02. The van der Waals surface area contributed by atoms with Gasteiger partial charge in [0.2, 0.25) is 0 Å². The van der Waals surface area contributed by atoms with E-state index in [9.17, 15) is 0 Å². The van der Waals surface area contributed by atoms with Crippen molar-refractivity contribution in [2.75, 3.05) is 6.26 Å². The van der Waals surface area contributed by atoms with E-state index < -0.39 is 0 Å². The Bertz CT molecular complexity index is 392. The summed E-state index contributed by atoms with van der Waals surface area (Å²) in [5, 5.41) is 2.42. The Kier molecular flexibility index (Phi) is 2.00. The monoisotopic (exact) mass is 174 g/mol. The minimum atomic E-state index is 1.17. The van der Waals surface area contributed by atoms with E-state index in [0.29, 0.717) is 0 Å². The summed E-state index contributed by atoms with van der Waals surface area (Å²) in [5.41, 5.74) is 0. The van der Waals surface area contributed by atoms with Gasteiger partial charge < -0.3 is 0 Å². The lowest BCUT2D eigenvalue weighted by Crippen LogP contribution is -1.78. The average Bonchev–Trinajstić information content (AvgIpc) is 2.17. The maximum Gasteiger partial charge on any atom is 0.0357 e. The molecular weight excluding hydrogens is 166 g/mol. The number of aromatic nitrogens is 1. The van der Waals surface area contributed by atoms with E-state index in [0.717, 1.165) is 0 Å². The van der Waals surface area contributed by atoms with Gasteiger partial charge in [0.15, 0.2) is 0 Å². The molecule has 0 atom stereocenters. The van der Waals surface area contributed by atoms with E-state index in [-0.39, 0.29) is 0 Å². The van der Waals surface area contributed by atoms with Gasteiger partial charge in [-0.2, -0.15) is 0 Å². The van der Waals surface area contributed by atoms with Crippen molar-refractivity contribution in [1.82, 2.24) is 4.98 Å². The highest BCUT2D eigenvalue weighted by atomic mass is 32.2. The summed E-state index contributed by atoms with van der Waals surface area (Å²) < 4.78 is 0. The third-order valence-corrected chi connectivity index (χ3v) is 2.53. The fourth-order valence-corrected chi connectivity index (χ4v) is 1.77. The van der Waals surface area contributed by atoms with Crippen molar-refractivity contribution in [3.63, 3.8) is 0 Å². The number of thioether (sulfide) groups is 1. The quantitative estimate of drug-likeness (QED) is 0.616. The first-order valence-electron chi connectivity index (χ1n) is 3.70. The Balaban J connectivity index is 2.79. The van der Waals surface area contributed by atoms with Crippen LogP contribution in [0.4, 0.5) is 0 Å². The second-order valence-corrected chi connectivity index (χ2v) is 3.29. The van der Waals surface area contributed by atoms with Gasteiger partial charge in [-0.05, 0) is 23.8 Å². The van der Waals surface area contributed by atoms with Gasteiger partial charge in [-0.15, -0.1) is 11.8 Å². The second-order valence-electron chi connectivity index (χ2n) is 2.47. The van der Waals surface area contributed by atoms with Crippen molar-refractivity contribution in [2.45, 2.75) is 4.90 Å². The van der Waals surface area contributed by atoms with Gasteiger partial charge in [0.1, 0.15) is 0 Å². The highest BCUT2D eigenvalue weighted by Crippen LogP contribution is 2.24. The van der Waals surface area contributed by atoms with Crippen LogP contribution < -0.4 is 0 Å². The first kappa shape index (κ1) is 7.62. The van der Waals surface area contributed by atoms with E-state index in [1.54, 1.807) is 11.8 Å². The molecular formula is C10H8NS. The molecule has 0 N–H and O–H groups in total. The van der Waals surface area contributed by atoms with Gasteiger partial charge >= 0.3 is 0 Å². The van der Waals surface area contributed by atoms with Crippen LogP contribution in [0.2, 0.25) is 0 Å². The van der Waals surface area contributed by atoms with Gasteiger partial charge in [0.25, 0.3) is 0 Å². The Labute approximate surface area is 75.8 Å². The number of hydrogen-bond donors (Lipinski definition) is 0. The largest absolute Gasteiger partial charge is 0.264 e. The summed E-state index contributed by atoms with van der Waals surface area (Å²) in [4.78, 5) is 5.26. The molecule has 0 aliphatic rings. The van der Waals surface area contributed by atoms with Gasteiger partial charge in [0.05, 0.1) is 0 Å². The molecule has 0 spiro atoms. The highest BCUT2D eigenvalue weighted by Gasteiger charge is 1.97. The normalized spacial score (nSPS) is 10.4. The maximum atomic E-state index is 4.09. The fraction of sp³-hybridized carbons (Fsp3) is 0.100. The molecule has 12 heavy (non-hydrogen) atoms. The molecule has 0 unspecified atom stereocenters. The zero-order valence-electron chi connectivity index (χ0n) is 6.74. The van der Waals surface area contributed by atoms with Crippen LogP contribution in [0.3, 0.4) is 0 Å². The SMILES string of the molecule is CSc1[c]ccc2ccncc12. The van der Waals surface area contributed by atoms with Crippen LogP contribution in [0, 0.1) is 6.07 Å². The summed E-state index contributed by atoms with van der Waals surface area (Å²) in [6, 6.07) is 9.21. The standard InChI is InChI=1S/C10H8NS/c1-12-10-4-2-3-8-5-6-11-7-9(8)10/h2-3,5-7H,1H3. The predicted molar refractivity (Wildman–Crippen MR) is 52.4 cm³/mol. The molecule has 0 bridgehead atoms. The molecule has 0 fully saturated rings.